The molecule has 2 aromatic heterocycles. The van der Waals surface area contributed by atoms with E-state index in [9.17, 15) is 0 Å². The summed E-state index contributed by atoms with van der Waals surface area (Å²) in [6.07, 6.45) is 1.50. The van der Waals surface area contributed by atoms with Crippen molar-refractivity contribution in [1.29, 1.82) is 0 Å². The van der Waals surface area contributed by atoms with Crippen LogP contribution < -0.4 is 10.2 Å². The highest BCUT2D eigenvalue weighted by Gasteiger charge is 2.12. The minimum absolute atomic E-state index is 0.524. The molecule has 2 aromatic carbocycles. The number of benzene rings is 2. The molecular formula is C19H16N4O2. The van der Waals surface area contributed by atoms with Gasteiger partial charge in [-0.3, -0.25) is 5.43 Å². The summed E-state index contributed by atoms with van der Waals surface area (Å²) in [4.78, 5) is 8.59. The van der Waals surface area contributed by atoms with Crippen molar-refractivity contribution in [3.8, 4) is 5.75 Å². The van der Waals surface area contributed by atoms with Crippen LogP contribution in [0.25, 0.3) is 22.1 Å². The maximum absolute atomic E-state index is 5.89. The van der Waals surface area contributed by atoms with Crippen molar-refractivity contribution < 1.29 is 9.15 Å². The molecule has 0 unspecified atom stereocenters. The normalized spacial score (nSPS) is 11.8. The average molecular weight is 332 g/mol. The summed E-state index contributed by atoms with van der Waals surface area (Å²) in [5.41, 5.74) is 6.79. The molecule has 4 aromatic rings. The van der Waals surface area contributed by atoms with Gasteiger partial charge in [0.05, 0.1) is 12.8 Å². The molecule has 0 bridgehead atoms. The quantitative estimate of drug-likeness (QED) is 0.447. The molecule has 6 nitrogen and oxygen atoms in total. The van der Waals surface area contributed by atoms with Crippen LogP contribution in [0.15, 0.2) is 64.4 Å². The maximum Gasteiger partial charge on any atom is 0.197 e. The lowest BCUT2D eigenvalue weighted by Gasteiger charge is -2.08. The molecule has 0 aliphatic heterocycles. The van der Waals surface area contributed by atoms with Crippen molar-refractivity contribution in [2.45, 2.75) is 6.92 Å². The summed E-state index contributed by atoms with van der Waals surface area (Å²) in [6, 6.07) is 15.5. The van der Waals surface area contributed by atoms with E-state index in [2.05, 4.69) is 20.5 Å². The van der Waals surface area contributed by atoms with Gasteiger partial charge in [-0.05, 0) is 31.2 Å². The van der Waals surface area contributed by atoms with Crippen LogP contribution in [0.2, 0.25) is 0 Å². The van der Waals surface area contributed by atoms with Crippen molar-refractivity contribution in [3.63, 3.8) is 0 Å². The van der Waals surface area contributed by atoms with E-state index < -0.39 is 0 Å². The number of methoxy groups -OCH3 is 1. The Morgan fingerprint density at radius 3 is 2.76 bits per heavy atom. The Kier molecular flexibility index (Phi) is 3.78. The second-order valence-electron chi connectivity index (χ2n) is 5.51. The van der Waals surface area contributed by atoms with E-state index in [-0.39, 0.29) is 0 Å². The van der Waals surface area contributed by atoms with Crippen LogP contribution in [0.3, 0.4) is 0 Å². The molecule has 0 saturated heterocycles. The number of hydrogen-bond donors (Lipinski definition) is 1. The van der Waals surface area contributed by atoms with Gasteiger partial charge in [-0.1, -0.05) is 24.3 Å². The SMILES string of the molecule is COc1ccccc1/C(C)=N\Nc1ncnc2c1oc1ccccc12. The van der Waals surface area contributed by atoms with Gasteiger partial charge in [0.2, 0.25) is 0 Å². The molecule has 124 valence electrons. The molecule has 0 amide bonds. The highest BCUT2D eigenvalue weighted by atomic mass is 16.5. The van der Waals surface area contributed by atoms with Gasteiger partial charge in [0.1, 0.15) is 23.2 Å². The van der Waals surface area contributed by atoms with Gasteiger partial charge >= 0.3 is 0 Å². The van der Waals surface area contributed by atoms with Crippen molar-refractivity contribution in [2.75, 3.05) is 12.5 Å². The molecule has 0 saturated carbocycles. The van der Waals surface area contributed by atoms with Crippen molar-refractivity contribution in [3.05, 3.63) is 60.4 Å². The summed E-state index contributed by atoms with van der Waals surface area (Å²) in [7, 11) is 1.64. The van der Waals surface area contributed by atoms with Gasteiger partial charge in [0, 0.05) is 10.9 Å². The largest absolute Gasteiger partial charge is 0.496 e. The Balaban J connectivity index is 1.73. The van der Waals surface area contributed by atoms with Crippen LogP contribution in [0.4, 0.5) is 5.82 Å². The number of ether oxygens (including phenoxy) is 1. The summed E-state index contributed by atoms with van der Waals surface area (Å²) < 4.78 is 11.3. The molecule has 0 aliphatic carbocycles. The van der Waals surface area contributed by atoms with E-state index >= 15 is 0 Å². The monoisotopic (exact) mass is 332 g/mol. The van der Waals surface area contributed by atoms with E-state index in [1.54, 1.807) is 7.11 Å². The van der Waals surface area contributed by atoms with Gasteiger partial charge < -0.3 is 9.15 Å². The van der Waals surface area contributed by atoms with Gasteiger partial charge in [-0.15, -0.1) is 0 Å². The molecular weight excluding hydrogens is 316 g/mol. The Morgan fingerprint density at radius 2 is 1.88 bits per heavy atom. The predicted octanol–water partition coefficient (Wildman–Crippen LogP) is 4.22. The number of furan rings is 1. The number of nitrogens with one attached hydrogen (secondary N) is 1. The first-order valence-corrected chi connectivity index (χ1v) is 7.84. The fraction of sp³-hybridized carbons (Fsp3) is 0.105. The van der Waals surface area contributed by atoms with Gasteiger partial charge in [-0.25, -0.2) is 9.97 Å². The predicted molar refractivity (Wildman–Crippen MR) is 98.1 cm³/mol. The fourth-order valence-corrected chi connectivity index (χ4v) is 2.74. The molecule has 6 heteroatoms. The molecule has 4 rings (SSSR count). The lowest BCUT2D eigenvalue weighted by molar-refractivity contribution is 0.414. The second kappa shape index (κ2) is 6.24. The van der Waals surface area contributed by atoms with Crippen molar-refractivity contribution in [2.24, 2.45) is 5.10 Å². The second-order valence-corrected chi connectivity index (χ2v) is 5.51. The van der Waals surface area contributed by atoms with E-state index in [1.165, 1.54) is 6.33 Å². The van der Waals surface area contributed by atoms with E-state index in [0.29, 0.717) is 11.4 Å². The maximum atomic E-state index is 5.89. The summed E-state index contributed by atoms with van der Waals surface area (Å²) in [6.45, 7) is 1.90. The highest BCUT2D eigenvalue weighted by Crippen LogP contribution is 2.30. The third-order valence-corrected chi connectivity index (χ3v) is 3.98. The van der Waals surface area contributed by atoms with E-state index in [1.807, 2.05) is 55.5 Å². The van der Waals surface area contributed by atoms with E-state index in [0.717, 1.165) is 33.5 Å². The first-order valence-electron chi connectivity index (χ1n) is 7.84. The zero-order chi connectivity index (χ0) is 17.2. The Morgan fingerprint density at radius 1 is 1.08 bits per heavy atom. The van der Waals surface area contributed by atoms with Crippen molar-refractivity contribution >= 4 is 33.6 Å². The third kappa shape index (κ3) is 2.67. The molecule has 0 aliphatic rings. The molecule has 0 atom stereocenters. The number of hydrogen-bond acceptors (Lipinski definition) is 6. The molecule has 0 fully saturated rings. The molecule has 0 spiro atoms. The van der Waals surface area contributed by atoms with Crippen LogP contribution in [0, 0.1) is 0 Å². The zero-order valence-corrected chi connectivity index (χ0v) is 13.9. The van der Waals surface area contributed by atoms with Crippen LogP contribution in [0.5, 0.6) is 5.75 Å². The number of fused-ring (bicyclic) bond motifs is 3. The van der Waals surface area contributed by atoms with Gasteiger partial charge in [-0.2, -0.15) is 5.10 Å². The average Bonchev–Trinajstić information content (AvgIpc) is 3.05. The van der Waals surface area contributed by atoms with E-state index in [4.69, 9.17) is 9.15 Å². The lowest BCUT2D eigenvalue weighted by Crippen LogP contribution is -2.03. The minimum Gasteiger partial charge on any atom is -0.496 e. The Labute approximate surface area is 144 Å². The molecule has 25 heavy (non-hydrogen) atoms. The van der Waals surface area contributed by atoms with Gasteiger partial charge in [0.25, 0.3) is 0 Å². The smallest absolute Gasteiger partial charge is 0.197 e. The molecule has 0 radical (unpaired) electrons. The first kappa shape index (κ1) is 15.1. The first-order chi connectivity index (χ1) is 12.3. The number of hydrazone groups is 1. The lowest BCUT2D eigenvalue weighted by atomic mass is 10.1. The molecule has 2 heterocycles. The number of aromatic nitrogens is 2. The van der Waals surface area contributed by atoms with Crippen LogP contribution in [0.1, 0.15) is 12.5 Å². The fourth-order valence-electron chi connectivity index (χ4n) is 2.74. The summed E-state index contributed by atoms with van der Waals surface area (Å²) in [5.74, 6) is 1.29. The standard InChI is InChI=1S/C19H16N4O2/c1-12(13-7-3-5-9-15(13)24-2)22-23-19-18-17(20-11-21-19)14-8-4-6-10-16(14)25-18/h3-11H,1-2H3,(H,20,21,23)/b22-12-. The Hall–Kier alpha value is -3.41. The Bertz CT molecular complexity index is 1090. The minimum atomic E-state index is 0.524. The van der Waals surface area contributed by atoms with Crippen LogP contribution in [-0.2, 0) is 0 Å². The van der Waals surface area contributed by atoms with Crippen LogP contribution in [-0.4, -0.2) is 22.8 Å². The number of para-hydroxylation sites is 2. The van der Waals surface area contributed by atoms with Gasteiger partial charge in [0.15, 0.2) is 11.4 Å². The number of rotatable bonds is 4. The third-order valence-electron chi connectivity index (χ3n) is 3.98. The van der Waals surface area contributed by atoms with Crippen LogP contribution >= 0.6 is 0 Å². The summed E-state index contributed by atoms with van der Waals surface area (Å²) >= 11 is 0. The molecule has 1 N–H and O–H groups in total. The number of anilines is 1. The zero-order valence-electron chi connectivity index (χ0n) is 13.9. The summed E-state index contributed by atoms with van der Waals surface area (Å²) in [5, 5.41) is 5.38. The van der Waals surface area contributed by atoms with Crippen molar-refractivity contribution in [1.82, 2.24) is 9.97 Å². The highest BCUT2D eigenvalue weighted by molar-refractivity contribution is 6.06. The topological polar surface area (TPSA) is 72.5 Å². The number of nitrogens with zero attached hydrogens (tertiary/aromatic N) is 3.